The Morgan fingerprint density at radius 2 is 2.15 bits per heavy atom. The number of rotatable bonds is 6. The van der Waals surface area contributed by atoms with E-state index >= 15 is 0 Å². The van der Waals surface area contributed by atoms with Crippen molar-refractivity contribution in [1.82, 2.24) is 14.7 Å². The number of nitrogens with one attached hydrogen (secondary N) is 1. The van der Waals surface area contributed by atoms with Crippen LogP contribution < -0.4 is 10.1 Å². The van der Waals surface area contributed by atoms with E-state index in [9.17, 15) is 4.79 Å². The Balaban J connectivity index is 1.88. The van der Waals surface area contributed by atoms with Crippen LogP contribution in [-0.2, 0) is 11.8 Å². The first-order valence-electron chi connectivity index (χ1n) is 9.39. The van der Waals surface area contributed by atoms with Crippen LogP contribution in [0.4, 0.5) is 10.6 Å². The number of hydrogen-bond acceptors (Lipinski definition) is 4. The molecule has 1 saturated heterocycles. The number of ether oxygens (including phenoxy) is 2. The summed E-state index contributed by atoms with van der Waals surface area (Å²) < 4.78 is 12.8. The average Bonchev–Trinajstić information content (AvgIpc) is 3.24. The lowest BCUT2D eigenvalue weighted by Crippen LogP contribution is -2.41. The Bertz CT molecular complexity index is 803. The summed E-state index contributed by atoms with van der Waals surface area (Å²) in [6.45, 7) is 5.88. The fraction of sp³-hybridized carbons (Fsp3) is 0.500. The van der Waals surface area contributed by atoms with Crippen molar-refractivity contribution in [2.24, 2.45) is 7.05 Å². The van der Waals surface area contributed by atoms with Crippen molar-refractivity contribution in [2.75, 3.05) is 32.2 Å². The van der Waals surface area contributed by atoms with Gasteiger partial charge in [0.15, 0.2) is 0 Å². The Hall–Kier alpha value is -2.54. The van der Waals surface area contributed by atoms with Gasteiger partial charge in [0.2, 0.25) is 0 Å². The number of carbonyl (C=O) groups excluding carboxylic acids is 1. The minimum atomic E-state index is -0.114. The highest BCUT2D eigenvalue weighted by Gasteiger charge is 2.30. The van der Waals surface area contributed by atoms with Crippen LogP contribution in [0.25, 0.3) is 11.1 Å². The van der Waals surface area contributed by atoms with Crippen LogP contribution in [0.1, 0.15) is 25.5 Å². The zero-order valence-electron chi connectivity index (χ0n) is 16.5. The third-order valence-electron chi connectivity index (χ3n) is 4.98. The lowest BCUT2D eigenvalue weighted by Gasteiger charge is -2.25. The first kappa shape index (κ1) is 19.2. The first-order valence-corrected chi connectivity index (χ1v) is 9.39. The Morgan fingerprint density at radius 3 is 2.89 bits per heavy atom. The summed E-state index contributed by atoms with van der Waals surface area (Å²) in [6, 6.07) is 7.77. The van der Waals surface area contributed by atoms with Crippen molar-refractivity contribution in [3.8, 4) is 16.9 Å². The van der Waals surface area contributed by atoms with Gasteiger partial charge in [0.1, 0.15) is 11.6 Å². The topological polar surface area (TPSA) is 68.6 Å². The fourth-order valence-electron chi connectivity index (χ4n) is 3.68. The quantitative estimate of drug-likeness (QED) is 0.843. The van der Waals surface area contributed by atoms with Gasteiger partial charge in [0, 0.05) is 25.8 Å². The lowest BCUT2D eigenvalue weighted by atomic mass is 10.0. The molecule has 27 heavy (non-hydrogen) atoms. The van der Waals surface area contributed by atoms with Crippen molar-refractivity contribution in [3.05, 3.63) is 30.0 Å². The van der Waals surface area contributed by atoms with Gasteiger partial charge in [-0.15, -0.1) is 0 Å². The monoisotopic (exact) mass is 372 g/mol. The number of aryl methyl sites for hydroxylation is 2. The van der Waals surface area contributed by atoms with E-state index in [4.69, 9.17) is 9.47 Å². The van der Waals surface area contributed by atoms with Crippen LogP contribution in [0.15, 0.2) is 24.3 Å². The highest BCUT2D eigenvalue weighted by atomic mass is 16.5. The van der Waals surface area contributed by atoms with Gasteiger partial charge in [-0.25, -0.2) is 4.79 Å². The fourth-order valence-corrected chi connectivity index (χ4v) is 3.68. The molecule has 1 aliphatic heterocycles. The molecule has 2 aromatic rings. The molecule has 0 bridgehead atoms. The number of anilines is 1. The van der Waals surface area contributed by atoms with E-state index in [0.717, 1.165) is 42.0 Å². The van der Waals surface area contributed by atoms with E-state index in [1.807, 2.05) is 50.1 Å². The summed E-state index contributed by atoms with van der Waals surface area (Å²) in [6.07, 6.45) is 1.96. The second-order valence-electron chi connectivity index (χ2n) is 6.71. The number of nitrogens with zero attached hydrogens (tertiary/aromatic N) is 3. The molecule has 1 N–H and O–H groups in total. The molecule has 0 unspecified atom stereocenters. The van der Waals surface area contributed by atoms with E-state index in [2.05, 4.69) is 10.4 Å². The molecular formula is C20H28N4O3. The third-order valence-corrected chi connectivity index (χ3v) is 4.98. The standard InChI is InChI=1S/C20H28N4O3/c1-5-27-13-15-9-8-12-24(15)20(25)21-19-18(14(2)22-23(19)3)16-10-6-7-11-17(16)26-4/h6-7,10-11,15H,5,8-9,12-13H2,1-4H3,(H,21,25)/t15-/m0/s1. The highest BCUT2D eigenvalue weighted by molar-refractivity contribution is 5.95. The van der Waals surface area contributed by atoms with Gasteiger partial charge in [-0.05, 0) is 32.8 Å². The molecule has 1 aromatic carbocycles. The summed E-state index contributed by atoms with van der Waals surface area (Å²) in [5.74, 6) is 1.42. The summed E-state index contributed by atoms with van der Waals surface area (Å²) in [5, 5.41) is 7.59. The van der Waals surface area contributed by atoms with Crippen molar-refractivity contribution < 1.29 is 14.3 Å². The summed E-state index contributed by atoms with van der Waals surface area (Å²) in [4.78, 5) is 14.8. The molecule has 2 amide bonds. The number of methoxy groups -OCH3 is 1. The largest absolute Gasteiger partial charge is 0.496 e. The van der Waals surface area contributed by atoms with Gasteiger partial charge in [-0.2, -0.15) is 5.10 Å². The second kappa shape index (κ2) is 8.43. The molecule has 1 fully saturated rings. The van der Waals surface area contributed by atoms with Crippen LogP contribution in [-0.4, -0.2) is 53.6 Å². The number of aromatic nitrogens is 2. The molecule has 1 aliphatic rings. The van der Waals surface area contributed by atoms with Crippen LogP contribution in [0.3, 0.4) is 0 Å². The maximum atomic E-state index is 13.0. The number of amides is 2. The summed E-state index contributed by atoms with van der Waals surface area (Å²) in [5.41, 5.74) is 2.63. The Morgan fingerprint density at radius 1 is 1.37 bits per heavy atom. The molecule has 0 radical (unpaired) electrons. The molecule has 1 aromatic heterocycles. The molecule has 0 saturated carbocycles. The predicted molar refractivity (Wildman–Crippen MR) is 105 cm³/mol. The normalized spacial score (nSPS) is 16.6. The van der Waals surface area contributed by atoms with Crippen LogP contribution in [0.5, 0.6) is 5.75 Å². The van der Waals surface area contributed by atoms with Gasteiger partial charge in [0.25, 0.3) is 0 Å². The molecule has 1 atom stereocenters. The third kappa shape index (κ3) is 3.93. The number of carbonyl (C=O) groups is 1. The Kier molecular flexibility index (Phi) is 6.01. The molecular weight excluding hydrogens is 344 g/mol. The van der Waals surface area contributed by atoms with Crippen molar-refractivity contribution in [1.29, 1.82) is 0 Å². The molecule has 0 spiro atoms. The van der Waals surface area contributed by atoms with Crippen LogP contribution in [0, 0.1) is 6.92 Å². The molecule has 2 heterocycles. The van der Waals surface area contributed by atoms with E-state index in [1.165, 1.54) is 0 Å². The minimum Gasteiger partial charge on any atom is -0.496 e. The van der Waals surface area contributed by atoms with Gasteiger partial charge in [-0.3, -0.25) is 10.00 Å². The molecule has 0 aliphatic carbocycles. The minimum absolute atomic E-state index is 0.114. The molecule has 7 heteroatoms. The van der Waals surface area contributed by atoms with Gasteiger partial charge in [-0.1, -0.05) is 18.2 Å². The first-order chi connectivity index (χ1) is 13.1. The maximum Gasteiger partial charge on any atom is 0.323 e. The molecule has 3 rings (SSSR count). The van der Waals surface area contributed by atoms with Crippen LogP contribution in [0.2, 0.25) is 0 Å². The smallest absolute Gasteiger partial charge is 0.323 e. The number of benzene rings is 1. The van der Waals surface area contributed by atoms with Crippen molar-refractivity contribution >= 4 is 11.8 Å². The zero-order chi connectivity index (χ0) is 19.4. The van der Waals surface area contributed by atoms with E-state index in [0.29, 0.717) is 19.0 Å². The lowest BCUT2D eigenvalue weighted by molar-refractivity contribution is 0.0970. The van der Waals surface area contributed by atoms with Crippen molar-refractivity contribution in [2.45, 2.75) is 32.7 Å². The highest BCUT2D eigenvalue weighted by Crippen LogP contribution is 2.37. The van der Waals surface area contributed by atoms with E-state index < -0.39 is 0 Å². The number of hydrogen-bond donors (Lipinski definition) is 1. The molecule has 7 nitrogen and oxygen atoms in total. The van der Waals surface area contributed by atoms with Crippen LogP contribution >= 0.6 is 0 Å². The van der Waals surface area contributed by atoms with E-state index in [-0.39, 0.29) is 12.1 Å². The van der Waals surface area contributed by atoms with Gasteiger partial charge >= 0.3 is 6.03 Å². The SMILES string of the molecule is CCOC[C@@H]1CCCN1C(=O)Nc1c(-c2ccccc2OC)c(C)nn1C. The predicted octanol–water partition coefficient (Wildman–Crippen LogP) is 3.44. The molecule has 146 valence electrons. The number of urea groups is 1. The summed E-state index contributed by atoms with van der Waals surface area (Å²) >= 11 is 0. The van der Waals surface area contributed by atoms with E-state index in [1.54, 1.807) is 11.8 Å². The Labute approximate surface area is 160 Å². The maximum absolute atomic E-state index is 13.0. The zero-order valence-corrected chi connectivity index (χ0v) is 16.5. The number of para-hydroxylation sites is 1. The summed E-state index contributed by atoms with van der Waals surface area (Å²) in [7, 11) is 3.48. The van der Waals surface area contributed by atoms with Gasteiger partial charge in [0.05, 0.1) is 31.0 Å². The average molecular weight is 372 g/mol. The number of likely N-dealkylation sites (tertiary alicyclic amines) is 1. The second-order valence-corrected chi connectivity index (χ2v) is 6.71. The van der Waals surface area contributed by atoms with Crippen molar-refractivity contribution in [3.63, 3.8) is 0 Å². The van der Waals surface area contributed by atoms with Gasteiger partial charge < -0.3 is 14.4 Å².